The maximum absolute atomic E-state index is 11.0. The minimum absolute atomic E-state index is 0.0669. The van der Waals surface area contributed by atoms with Gasteiger partial charge in [0.25, 0.3) is 0 Å². The first-order valence-corrected chi connectivity index (χ1v) is 4.79. The van der Waals surface area contributed by atoms with E-state index in [1.807, 2.05) is 0 Å². The van der Waals surface area contributed by atoms with Gasteiger partial charge in [0.15, 0.2) is 0 Å². The number of rotatable bonds is 6. The van der Waals surface area contributed by atoms with Crippen molar-refractivity contribution in [2.24, 2.45) is 0 Å². The number of carbonyl (C=O) groups is 2. The summed E-state index contributed by atoms with van der Waals surface area (Å²) in [6, 6.07) is 0. The summed E-state index contributed by atoms with van der Waals surface area (Å²) >= 11 is 4.07. The molecule has 0 bridgehead atoms. The Morgan fingerprint density at radius 1 is 1.40 bits per heavy atom. The zero-order chi connectivity index (χ0) is 11.8. The Kier molecular flexibility index (Phi) is 6.53. The third kappa shape index (κ3) is 6.79. The molecule has 15 heavy (non-hydrogen) atoms. The predicted molar refractivity (Wildman–Crippen MR) is 59.7 cm³/mol. The van der Waals surface area contributed by atoms with Gasteiger partial charge < -0.3 is 9.47 Å². The monoisotopic (exact) mass is 230 g/mol. The highest BCUT2D eigenvalue weighted by Gasteiger charge is 2.10. The first kappa shape index (κ1) is 13.8. The maximum atomic E-state index is 11.0. The average Bonchev–Trinajstić information content (AvgIpc) is 2.21. The molecule has 4 nitrogen and oxygen atoms in total. The van der Waals surface area contributed by atoms with Gasteiger partial charge in [-0.25, -0.2) is 9.59 Å². The molecule has 0 aliphatic carbocycles. The summed E-state index contributed by atoms with van der Waals surface area (Å²) in [6.45, 7) is 8.35. The fraction of sp³-hybridized carbons (Fsp3) is 0.400. The fourth-order valence-electron chi connectivity index (χ4n) is 0.580. The van der Waals surface area contributed by atoms with Crippen LogP contribution in [-0.2, 0) is 19.1 Å². The lowest BCUT2D eigenvalue weighted by molar-refractivity contribution is -0.140. The second-order valence-corrected chi connectivity index (χ2v) is 3.60. The third-order valence-electron chi connectivity index (χ3n) is 1.34. The first-order valence-electron chi connectivity index (χ1n) is 4.27. The molecular formula is C10H14O4S. The number of carbonyl (C=O) groups excluding carboxylic acids is 2. The number of ether oxygens (including phenoxy) is 2. The van der Waals surface area contributed by atoms with E-state index in [-0.39, 0.29) is 18.5 Å². The molecule has 0 heterocycles. The Hall–Kier alpha value is -1.23. The van der Waals surface area contributed by atoms with Crippen LogP contribution in [0.4, 0.5) is 0 Å². The zero-order valence-electron chi connectivity index (χ0n) is 8.56. The number of thiol groups is 1. The van der Waals surface area contributed by atoms with Crippen LogP contribution in [-0.4, -0.2) is 30.4 Å². The highest BCUT2D eigenvalue weighted by Crippen LogP contribution is 2.00. The van der Waals surface area contributed by atoms with Gasteiger partial charge in [-0.3, -0.25) is 0 Å². The molecule has 0 aromatic carbocycles. The molecular weight excluding hydrogens is 216 g/mol. The Morgan fingerprint density at radius 2 is 1.93 bits per heavy atom. The molecule has 0 saturated carbocycles. The van der Waals surface area contributed by atoms with Crippen molar-refractivity contribution in [1.29, 1.82) is 0 Å². The number of esters is 2. The second-order valence-electron chi connectivity index (χ2n) is 2.87. The van der Waals surface area contributed by atoms with E-state index >= 15 is 0 Å². The normalized spacial score (nSPS) is 11.3. The smallest absolute Gasteiger partial charge is 0.333 e. The van der Waals surface area contributed by atoms with E-state index in [1.165, 1.54) is 0 Å². The van der Waals surface area contributed by atoms with E-state index in [2.05, 4.69) is 25.8 Å². The van der Waals surface area contributed by atoms with Crippen LogP contribution in [0.3, 0.4) is 0 Å². The summed E-state index contributed by atoms with van der Waals surface area (Å²) in [5.74, 6) is -1.01. The van der Waals surface area contributed by atoms with Gasteiger partial charge in [-0.2, -0.15) is 12.6 Å². The van der Waals surface area contributed by atoms with Gasteiger partial charge in [0.05, 0.1) is 5.25 Å². The summed E-state index contributed by atoms with van der Waals surface area (Å²) in [7, 11) is 0. The quantitative estimate of drug-likeness (QED) is 0.422. The van der Waals surface area contributed by atoms with Crippen molar-refractivity contribution in [1.82, 2.24) is 0 Å². The highest BCUT2D eigenvalue weighted by molar-refractivity contribution is 7.81. The summed E-state index contributed by atoms with van der Waals surface area (Å²) in [4.78, 5) is 21.6. The van der Waals surface area contributed by atoms with Crippen LogP contribution in [0.1, 0.15) is 6.92 Å². The molecule has 0 aliphatic heterocycles. The Bertz CT molecular complexity index is 273. The standard InChI is InChI=1S/C10H14O4S/c1-4-9(11)13-5-8(15)6-14-10(12)7(2)3/h4,8,15H,1-2,5-6H2,3H3. The van der Waals surface area contributed by atoms with Gasteiger partial charge in [-0.1, -0.05) is 13.2 Å². The summed E-state index contributed by atoms with van der Waals surface area (Å²) in [6.07, 6.45) is 1.06. The minimum atomic E-state index is -0.528. The molecule has 0 aliphatic rings. The summed E-state index contributed by atoms with van der Waals surface area (Å²) in [5, 5.41) is -0.350. The topological polar surface area (TPSA) is 52.6 Å². The van der Waals surface area contributed by atoms with Gasteiger partial charge in [0.1, 0.15) is 13.2 Å². The average molecular weight is 230 g/mol. The van der Waals surface area contributed by atoms with E-state index in [0.29, 0.717) is 5.57 Å². The van der Waals surface area contributed by atoms with Crippen LogP contribution in [0.15, 0.2) is 24.8 Å². The van der Waals surface area contributed by atoms with Crippen LogP contribution >= 0.6 is 12.6 Å². The molecule has 0 amide bonds. The Labute approximate surface area is 94.3 Å². The fourth-order valence-corrected chi connectivity index (χ4v) is 0.730. The molecule has 0 aromatic rings. The van der Waals surface area contributed by atoms with E-state index in [9.17, 15) is 9.59 Å². The molecule has 0 radical (unpaired) electrons. The van der Waals surface area contributed by atoms with Crippen LogP contribution in [0.2, 0.25) is 0 Å². The van der Waals surface area contributed by atoms with Crippen molar-refractivity contribution in [3.8, 4) is 0 Å². The Balaban J connectivity index is 3.70. The zero-order valence-corrected chi connectivity index (χ0v) is 9.46. The van der Waals surface area contributed by atoms with E-state index in [1.54, 1.807) is 6.92 Å². The van der Waals surface area contributed by atoms with Gasteiger partial charge in [0.2, 0.25) is 0 Å². The van der Waals surface area contributed by atoms with E-state index in [0.717, 1.165) is 6.08 Å². The highest BCUT2D eigenvalue weighted by atomic mass is 32.1. The SMILES string of the molecule is C=CC(=O)OCC(S)COC(=O)C(=C)C. The molecule has 1 unspecified atom stereocenters. The van der Waals surface area contributed by atoms with Crippen LogP contribution in [0, 0.1) is 0 Å². The Morgan fingerprint density at radius 3 is 2.40 bits per heavy atom. The lowest BCUT2D eigenvalue weighted by atomic mass is 10.4. The third-order valence-corrected chi connectivity index (χ3v) is 1.64. The summed E-state index contributed by atoms with van der Waals surface area (Å²) in [5.41, 5.74) is 0.318. The van der Waals surface area contributed by atoms with Gasteiger partial charge in [0, 0.05) is 11.6 Å². The van der Waals surface area contributed by atoms with E-state index < -0.39 is 11.9 Å². The van der Waals surface area contributed by atoms with Crippen molar-refractivity contribution < 1.29 is 19.1 Å². The van der Waals surface area contributed by atoms with Crippen molar-refractivity contribution in [2.75, 3.05) is 13.2 Å². The predicted octanol–water partition coefficient (Wildman–Crippen LogP) is 1.13. The molecule has 0 spiro atoms. The van der Waals surface area contributed by atoms with Gasteiger partial charge in [-0.05, 0) is 6.92 Å². The van der Waals surface area contributed by atoms with Crippen LogP contribution in [0.5, 0.6) is 0 Å². The first-order chi connectivity index (χ1) is 6.97. The molecule has 0 rings (SSSR count). The van der Waals surface area contributed by atoms with Crippen molar-refractivity contribution >= 4 is 24.6 Å². The lowest BCUT2D eigenvalue weighted by Gasteiger charge is -2.10. The molecule has 5 heteroatoms. The number of hydrogen-bond donors (Lipinski definition) is 1. The summed E-state index contributed by atoms with van der Waals surface area (Å²) < 4.78 is 9.50. The number of hydrogen-bond acceptors (Lipinski definition) is 5. The van der Waals surface area contributed by atoms with Crippen molar-refractivity contribution in [3.63, 3.8) is 0 Å². The largest absolute Gasteiger partial charge is 0.461 e. The molecule has 0 fully saturated rings. The molecule has 0 saturated heterocycles. The minimum Gasteiger partial charge on any atom is -0.461 e. The van der Waals surface area contributed by atoms with Gasteiger partial charge in [-0.15, -0.1) is 0 Å². The lowest BCUT2D eigenvalue weighted by Crippen LogP contribution is -2.20. The molecule has 0 aromatic heterocycles. The second kappa shape index (κ2) is 7.11. The molecule has 84 valence electrons. The van der Waals surface area contributed by atoms with Gasteiger partial charge >= 0.3 is 11.9 Å². The van der Waals surface area contributed by atoms with Crippen molar-refractivity contribution in [2.45, 2.75) is 12.2 Å². The van der Waals surface area contributed by atoms with Crippen LogP contribution < -0.4 is 0 Å². The van der Waals surface area contributed by atoms with E-state index in [4.69, 9.17) is 9.47 Å². The molecule has 1 atom stereocenters. The van der Waals surface area contributed by atoms with Crippen molar-refractivity contribution in [3.05, 3.63) is 24.8 Å². The van der Waals surface area contributed by atoms with Crippen LogP contribution in [0.25, 0.3) is 0 Å². The maximum Gasteiger partial charge on any atom is 0.333 e. The molecule has 0 N–H and O–H groups in total.